The molecule has 1 aliphatic heterocycles. The number of esters is 1. The van der Waals surface area contributed by atoms with Crippen molar-refractivity contribution in [1.82, 2.24) is 0 Å². The second-order valence-electron chi connectivity index (χ2n) is 13.1. The van der Waals surface area contributed by atoms with Gasteiger partial charge in [-0.05, 0) is 112 Å². The molecule has 0 aliphatic carbocycles. The molecule has 1 heterocycles. The molecular formula is C36H48O4Si. The van der Waals surface area contributed by atoms with Crippen LogP contribution in [0.1, 0.15) is 81.2 Å². The lowest BCUT2D eigenvalue weighted by molar-refractivity contribution is -0.142. The molecule has 0 N–H and O–H groups in total. The molecule has 1 saturated heterocycles. The zero-order valence-corrected chi connectivity index (χ0v) is 27.5. The third-order valence-electron chi connectivity index (χ3n) is 8.56. The van der Waals surface area contributed by atoms with Crippen molar-refractivity contribution in [3.63, 3.8) is 0 Å². The van der Waals surface area contributed by atoms with Gasteiger partial charge in [0.25, 0.3) is 0 Å². The van der Waals surface area contributed by atoms with Crippen LogP contribution in [0.3, 0.4) is 0 Å². The third-order valence-corrected chi connectivity index (χ3v) is 9.68. The van der Waals surface area contributed by atoms with Gasteiger partial charge in [-0.1, -0.05) is 68.4 Å². The van der Waals surface area contributed by atoms with Gasteiger partial charge in [0, 0.05) is 11.8 Å². The first-order valence-electron chi connectivity index (χ1n) is 15.1. The Balaban J connectivity index is 1.57. The molecule has 3 aromatic carbocycles. The molecule has 0 radical (unpaired) electrons. The molecule has 4 rings (SSSR count). The van der Waals surface area contributed by atoms with E-state index in [9.17, 15) is 4.79 Å². The molecule has 220 valence electrons. The number of carbonyl (C=O) groups is 1. The van der Waals surface area contributed by atoms with E-state index >= 15 is 0 Å². The van der Waals surface area contributed by atoms with Gasteiger partial charge in [0.15, 0.2) is 8.32 Å². The molecule has 0 aromatic heterocycles. The molecular weight excluding hydrogens is 524 g/mol. The topological polar surface area (TPSA) is 44.8 Å². The summed E-state index contributed by atoms with van der Waals surface area (Å²) in [6.07, 6.45) is 3.07. The van der Waals surface area contributed by atoms with E-state index in [1.807, 2.05) is 0 Å². The molecule has 0 bridgehead atoms. The van der Waals surface area contributed by atoms with Crippen LogP contribution in [0.5, 0.6) is 5.75 Å². The van der Waals surface area contributed by atoms with Crippen LogP contribution in [0.15, 0.2) is 60.7 Å². The first-order chi connectivity index (χ1) is 19.3. The molecule has 0 saturated carbocycles. The second-order valence-corrected chi connectivity index (χ2v) is 17.5. The lowest BCUT2D eigenvalue weighted by Gasteiger charge is -2.34. The number of benzene rings is 3. The fraction of sp³-hybridized carbons (Fsp3) is 0.472. The van der Waals surface area contributed by atoms with Gasteiger partial charge in [-0.2, -0.15) is 0 Å². The van der Waals surface area contributed by atoms with E-state index in [0.29, 0.717) is 13.0 Å². The van der Waals surface area contributed by atoms with E-state index < -0.39 is 8.32 Å². The quantitative estimate of drug-likeness (QED) is 0.170. The highest BCUT2D eigenvalue weighted by Crippen LogP contribution is 2.42. The summed E-state index contributed by atoms with van der Waals surface area (Å²) in [5, 5.41) is 0. The highest BCUT2D eigenvalue weighted by atomic mass is 28.4. The van der Waals surface area contributed by atoms with E-state index in [1.165, 1.54) is 33.4 Å². The number of hydrogen-bond donors (Lipinski definition) is 0. The first-order valence-corrected chi connectivity index (χ1v) is 18.5. The van der Waals surface area contributed by atoms with Crippen LogP contribution in [0.2, 0.25) is 19.6 Å². The highest BCUT2D eigenvalue weighted by Gasteiger charge is 2.32. The summed E-state index contributed by atoms with van der Waals surface area (Å²) in [4.78, 5) is 11.4. The average Bonchev–Trinajstić information content (AvgIpc) is 3.33. The van der Waals surface area contributed by atoms with Gasteiger partial charge < -0.3 is 13.9 Å². The summed E-state index contributed by atoms with van der Waals surface area (Å²) < 4.78 is 17.8. The molecule has 4 nitrogen and oxygen atoms in total. The molecule has 0 amide bonds. The van der Waals surface area contributed by atoms with Crippen LogP contribution in [0, 0.1) is 13.8 Å². The Morgan fingerprint density at radius 3 is 1.95 bits per heavy atom. The number of carbonyl (C=O) groups excluding carboxylic acids is 1. The summed E-state index contributed by atoms with van der Waals surface area (Å²) in [7, 11) is -1.66. The zero-order valence-electron chi connectivity index (χ0n) is 26.5. The Morgan fingerprint density at radius 1 is 0.854 bits per heavy atom. The van der Waals surface area contributed by atoms with Crippen molar-refractivity contribution in [1.29, 1.82) is 0 Å². The van der Waals surface area contributed by atoms with E-state index in [2.05, 4.69) is 122 Å². The normalized spacial score (nSPS) is 16.1. The van der Waals surface area contributed by atoms with Gasteiger partial charge in [-0.25, -0.2) is 0 Å². The van der Waals surface area contributed by atoms with E-state index in [4.69, 9.17) is 13.9 Å². The van der Waals surface area contributed by atoms with Crippen molar-refractivity contribution in [2.45, 2.75) is 104 Å². The maximum atomic E-state index is 11.4. The molecule has 0 unspecified atom stereocenters. The highest BCUT2D eigenvalue weighted by molar-refractivity contribution is 6.69. The maximum Gasteiger partial charge on any atom is 0.306 e. The largest absolute Gasteiger partial charge is 0.489 e. The van der Waals surface area contributed by atoms with Gasteiger partial charge in [0.05, 0.1) is 5.60 Å². The van der Waals surface area contributed by atoms with Crippen LogP contribution in [-0.2, 0) is 25.0 Å². The second kappa shape index (κ2) is 12.1. The molecule has 0 spiro atoms. The fourth-order valence-electron chi connectivity index (χ4n) is 6.39. The standard InChI is InChI=1S/C36H48O4Si/c1-10-36(11-2,30-17-20-33(26(4)23-30)38-24-31-18-21-34(37)39-31)29-16-19-32(25(3)22-29)27-12-14-28(15-13-27)35(5,6)40-41(7,8)9/h12-17,19-20,22-23,31H,10-11,18,21,24H2,1-9H3/t31-/m1/s1. The number of hydrogen-bond acceptors (Lipinski definition) is 4. The minimum atomic E-state index is -1.66. The van der Waals surface area contributed by atoms with Gasteiger partial charge in [0.1, 0.15) is 18.5 Å². The van der Waals surface area contributed by atoms with E-state index in [0.717, 1.165) is 30.6 Å². The number of aryl methyl sites for hydroxylation is 2. The first kappa shape index (κ1) is 31.1. The van der Waals surface area contributed by atoms with Gasteiger partial charge >= 0.3 is 5.97 Å². The van der Waals surface area contributed by atoms with Gasteiger partial charge in [-0.15, -0.1) is 0 Å². The van der Waals surface area contributed by atoms with Crippen molar-refractivity contribution in [2.75, 3.05) is 6.61 Å². The predicted molar refractivity (Wildman–Crippen MR) is 171 cm³/mol. The average molecular weight is 573 g/mol. The van der Waals surface area contributed by atoms with Crippen molar-refractivity contribution in [2.24, 2.45) is 0 Å². The molecule has 3 aromatic rings. The fourth-order valence-corrected chi connectivity index (χ4v) is 8.03. The zero-order chi connectivity index (χ0) is 30.0. The Kier molecular flexibility index (Phi) is 9.20. The Bertz CT molecular complexity index is 1360. The summed E-state index contributed by atoms with van der Waals surface area (Å²) in [6.45, 7) is 20.3. The number of cyclic esters (lactones) is 1. The minimum Gasteiger partial charge on any atom is -0.489 e. The summed E-state index contributed by atoms with van der Waals surface area (Å²) in [6, 6.07) is 22.4. The van der Waals surface area contributed by atoms with Crippen LogP contribution >= 0.6 is 0 Å². The van der Waals surface area contributed by atoms with E-state index in [-0.39, 0.29) is 23.1 Å². The monoisotopic (exact) mass is 572 g/mol. The summed E-state index contributed by atoms with van der Waals surface area (Å²) in [5.41, 5.74) is 8.34. The van der Waals surface area contributed by atoms with Crippen molar-refractivity contribution < 1.29 is 18.7 Å². The van der Waals surface area contributed by atoms with Gasteiger partial charge in [0.2, 0.25) is 0 Å². The van der Waals surface area contributed by atoms with Crippen molar-refractivity contribution in [3.8, 4) is 16.9 Å². The molecule has 1 atom stereocenters. The van der Waals surface area contributed by atoms with Crippen molar-refractivity contribution >= 4 is 14.3 Å². The molecule has 1 aliphatic rings. The van der Waals surface area contributed by atoms with Crippen LogP contribution in [-0.4, -0.2) is 27.0 Å². The Morgan fingerprint density at radius 2 is 1.44 bits per heavy atom. The van der Waals surface area contributed by atoms with Gasteiger partial charge in [-0.3, -0.25) is 4.79 Å². The molecule has 5 heteroatoms. The Labute approximate surface area is 248 Å². The molecule has 1 fully saturated rings. The SMILES string of the molecule is CCC(CC)(c1ccc(OC[C@H]2CCC(=O)O2)c(C)c1)c1ccc(-c2ccc(C(C)(C)O[Si](C)(C)C)cc2)c(C)c1. The lowest BCUT2D eigenvalue weighted by Crippen LogP contribution is -2.36. The third kappa shape index (κ3) is 6.95. The summed E-state index contributed by atoms with van der Waals surface area (Å²) in [5.74, 6) is 0.724. The van der Waals surface area contributed by atoms with Crippen LogP contribution < -0.4 is 4.74 Å². The van der Waals surface area contributed by atoms with E-state index in [1.54, 1.807) is 0 Å². The molecule has 41 heavy (non-hydrogen) atoms. The lowest BCUT2D eigenvalue weighted by atomic mass is 9.69. The Hall–Kier alpha value is -2.89. The van der Waals surface area contributed by atoms with Crippen LogP contribution in [0.25, 0.3) is 11.1 Å². The summed E-state index contributed by atoms with van der Waals surface area (Å²) >= 11 is 0. The van der Waals surface area contributed by atoms with Crippen LogP contribution in [0.4, 0.5) is 0 Å². The number of ether oxygens (including phenoxy) is 2. The smallest absolute Gasteiger partial charge is 0.306 e. The maximum absolute atomic E-state index is 11.4. The predicted octanol–water partition coefficient (Wildman–Crippen LogP) is 9.25. The van der Waals surface area contributed by atoms with Crippen molar-refractivity contribution in [3.05, 3.63) is 88.5 Å². The minimum absolute atomic E-state index is 0.0877. The number of rotatable bonds is 11.